The lowest BCUT2D eigenvalue weighted by molar-refractivity contribution is 0.0994. The minimum Gasteiger partial charge on any atom is -0.497 e. The number of rotatable bonds is 6. The molecule has 0 aliphatic heterocycles. The monoisotopic (exact) mass is 459 g/mol. The Morgan fingerprint density at radius 2 is 1.97 bits per heavy atom. The molecule has 3 heterocycles. The van der Waals surface area contributed by atoms with Crippen LogP contribution in [0.5, 0.6) is 5.75 Å². The highest BCUT2D eigenvalue weighted by Crippen LogP contribution is 2.32. The van der Waals surface area contributed by atoms with E-state index in [-0.39, 0.29) is 17.5 Å². The highest BCUT2D eigenvalue weighted by atomic mass is 35.5. The molecule has 2 aromatic carbocycles. The zero-order chi connectivity index (χ0) is 22.9. The molecule has 0 radical (unpaired) electrons. The summed E-state index contributed by atoms with van der Waals surface area (Å²) in [5.74, 6) is 0.355. The molecule has 0 saturated heterocycles. The molecule has 0 spiro atoms. The molecule has 164 valence electrons. The zero-order valence-corrected chi connectivity index (χ0v) is 18.6. The lowest BCUT2D eigenvalue weighted by atomic mass is 10.1. The Kier molecular flexibility index (Phi) is 5.35. The van der Waals surface area contributed by atoms with Crippen LogP contribution in [-0.4, -0.2) is 37.6 Å². The van der Waals surface area contributed by atoms with Crippen LogP contribution in [0.1, 0.15) is 27.5 Å². The normalized spacial score (nSPS) is 11.1. The number of hydrogen-bond acceptors (Lipinski definition) is 7. The fourth-order valence-electron chi connectivity index (χ4n) is 3.79. The van der Waals surface area contributed by atoms with Crippen molar-refractivity contribution in [3.05, 3.63) is 88.8 Å². The van der Waals surface area contributed by atoms with Crippen molar-refractivity contribution < 1.29 is 14.1 Å². The predicted molar refractivity (Wildman–Crippen MR) is 123 cm³/mol. The molecular formula is C24H18ClN5O3. The molecule has 33 heavy (non-hydrogen) atoms. The molecule has 3 aromatic heterocycles. The molecule has 0 bridgehead atoms. The molecule has 0 amide bonds. The molecule has 0 fully saturated rings. The van der Waals surface area contributed by atoms with Crippen LogP contribution in [0, 0.1) is 6.92 Å². The molecule has 5 rings (SSSR count). The van der Waals surface area contributed by atoms with E-state index in [0.717, 1.165) is 22.2 Å². The average molecular weight is 460 g/mol. The minimum absolute atomic E-state index is 0.118. The second kappa shape index (κ2) is 8.48. The molecule has 0 saturated carbocycles. The lowest BCUT2D eigenvalue weighted by Crippen LogP contribution is -2.06. The summed E-state index contributed by atoms with van der Waals surface area (Å²) < 4.78 is 12.8. The first-order valence-electron chi connectivity index (χ1n) is 10.1. The van der Waals surface area contributed by atoms with Crippen LogP contribution in [0.3, 0.4) is 0 Å². The Hall–Kier alpha value is -4.04. The van der Waals surface area contributed by atoms with E-state index in [4.69, 9.17) is 20.9 Å². The molecule has 0 atom stereocenters. The Balaban J connectivity index is 1.61. The van der Waals surface area contributed by atoms with Gasteiger partial charge in [-0.25, -0.2) is 4.98 Å². The van der Waals surface area contributed by atoms with Gasteiger partial charge in [-0.15, -0.1) is 0 Å². The molecular weight excluding hydrogens is 442 g/mol. The second-order valence-electron chi connectivity index (χ2n) is 7.40. The number of ether oxygens (including phenoxy) is 1. The zero-order valence-electron chi connectivity index (χ0n) is 17.8. The number of nitrogens with zero attached hydrogens (tertiary/aromatic N) is 5. The summed E-state index contributed by atoms with van der Waals surface area (Å²) in [6, 6.07) is 13.3. The average Bonchev–Trinajstić information content (AvgIpc) is 3.44. The van der Waals surface area contributed by atoms with Crippen molar-refractivity contribution in [1.29, 1.82) is 0 Å². The topological polar surface area (TPSA) is 95.9 Å². The first-order chi connectivity index (χ1) is 16.0. The van der Waals surface area contributed by atoms with E-state index < -0.39 is 0 Å². The Morgan fingerprint density at radius 3 is 2.70 bits per heavy atom. The van der Waals surface area contributed by atoms with E-state index in [9.17, 15) is 4.79 Å². The van der Waals surface area contributed by atoms with Crippen molar-refractivity contribution in [3.8, 4) is 17.3 Å². The van der Waals surface area contributed by atoms with Gasteiger partial charge in [0, 0.05) is 40.6 Å². The molecule has 0 aliphatic carbocycles. The van der Waals surface area contributed by atoms with Crippen LogP contribution < -0.4 is 4.74 Å². The minimum atomic E-state index is -0.372. The summed E-state index contributed by atoms with van der Waals surface area (Å²) in [5, 5.41) is 5.32. The van der Waals surface area contributed by atoms with Crippen LogP contribution in [-0.2, 0) is 6.54 Å². The maximum Gasteiger partial charge on any atom is 0.299 e. The summed E-state index contributed by atoms with van der Waals surface area (Å²) in [6.07, 6.45) is 4.57. The summed E-state index contributed by atoms with van der Waals surface area (Å²) in [6.45, 7) is 2.46. The van der Waals surface area contributed by atoms with Gasteiger partial charge in [-0.3, -0.25) is 9.78 Å². The molecule has 8 nitrogen and oxygen atoms in total. The van der Waals surface area contributed by atoms with E-state index in [2.05, 4.69) is 24.7 Å². The Labute approximate surface area is 193 Å². The number of fused-ring (bicyclic) bond motifs is 1. The third-order valence-corrected chi connectivity index (χ3v) is 5.68. The van der Waals surface area contributed by atoms with Crippen LogP contribution in [0.25, 0.3) is 22.4 Å². The van der Waals surface area contributed by atoms with Crippen molar-refractivity contribution >= 4 is 28.3 Å². The number of halogens is 1. The fourth-order valence-corrected chi connectivity index (χ4v) is 3.92. The van der Waals surface area contributed by atoms with Gasteiger partial charge < -0.3 is 13.8 Å². The Morgan fingerprint density at radius 1 is 1.15 bits per heavy atom. The number of hydrogen-bond donors (Lipinski definition) is 0. The van der Waals surface area contributed by atoms with E-state index in [0.29, 0.717) is 28.6 Å². The van der Waals surface area contributed by atoms with Gasteiger partial charge in [0.05, 0.1) is 18.9 Å². The Bertz CT molecular complexity index is 1460. The van der Waals surface area contributed by atoms with Crippen molar-refractivity contribution in [2.24, 2.45) is 0 Å². The SMILES string of the molecule is COc1ccc2c(c1)c(C(=O)c1nc(-c3cnccn3)no1)c(C)n2Cc1ccc(Cl)cc1. The van der Waals surface area contributed by atoms with Crippen molar-refractivity contribution in [1.82, 2.24) is 24.7 Å². The van der Waals surface area contributed by atoms with Gasteiger partial charge in [0.25, 0.3) is 11.7 Å². The highest BCUT2D eigenvalue weighted by molar-refractivity contribution is 6.30. The van der Waals surface area contributed by atoms with Crippen LogP contribution in [0.4, 0.5) is 0 Å². The molecule has 0 unspecified atom stereocenters. The van der Waals surface area contributed by atoms with Crippen molar-refractivity contribution in [3.63, 3.8) is 0 Å². The van der Waals surface area contributed by atoms with Crippen LogP contribution in [0.15, 0.2) is 65.6 Å². The number of aromatic nitrogens is 5. The predicted octanol–water partition coefficient (Wildman–Crippen LogP) is 4.73. The maximum absolute atomic E-state index is 13.5. The van der Waals surface area contributed by atoms with Gasteiger partial charge in [-0.05, 0) is 42.8 Å². The first-order valence-corrected chi connectivity index (χ1v) is 10.5. The highest BCUT2D eigenvalue weighted by Gasteiger charge is 2.26. The maximum atomic E-state index is 13.5. The summed E-state index contributed by atoms with van der Waals surface area (Å²) >= 11 is 6.04. The quantitative estimate of drug-likeness (QED) is 0.338. The first kappa shape index (κ1) is 20.8. The van der Waals surface area contributed by atoms with Gasteiger partial charge in [-0.2, -0.15) is 4.98 Å². The van der Waals surface area contributed by atoms with E-state index in [1.54, 1.807) is 13.3 Å². The van der Waals surface area contributed by atoms with Gasteiger partial charge >= 0.3 is 0 Å². The van der Waals surface area contributed by atoms with Crippen molar-refractivity contribution in [2.75, 3.05) is 7.11 Å². The molecule has 5 aromatic rings. The lowest BCUT2D eigenvalue weighted by Gasteiger charge is -2.09. The smallest absolute Gasteiger partial charge is 0.299 e. The largest absolute Gasteiger partial charge is 0.497 e. The summed E-state index contributed by atoms with van der Waals surface area (Å²) in [5.41, 5.74) is 3.62. The number of methoxy groups -OCH3 is 1. The third kappa shape index (κ3) is 3.85. The van der Waals surface area contributed by atoms with Gasteiger partial charge in [-0.1, -0.05) is 28.9 Å². The van der Waals surface area contributed by atoms with E-state index >= 15 is 0 Å². The van der Waals surface area contributed by atoms with Gasteiger partial charge in [0.15, 0.2) is 0 Å². The van der Waals surface area contributed by atoms with Gasteiger partial charge in [0.2, 0.25) is 5.82 Å². The van der Waals surface area contributed by atoms with Gasteiger partial charge in [0.1, 0.15) is 11.4 Å². The number of benzene rings is 2. The summed E-state index contributed by atoms with van der Waals surface area (Å²) in [4.78, 5) is 26.0. The second-order valence-corrected chi connectivity index (χ2v) is 7.84. The number of ketones is 1. The molecule has 0 N–H and O–H groups in total. The third-order valence-electron chi connectivity index (χ3n) is 5.42. The van der Waals surface area contributed by atoms with Crippen LogP contribution >= 0.6 is 11.6 Å². The number of carbonyl (C=O) groups excluding carboxylic acids is 1. The van der Waals surface area contributed by atoms with Crippen molar-refractivity contribution in [2.45, 2.75) is 13.5 Å². The fraction of sp³-hybridized carbons (Fsp3) is 0.125. The summed E-state index contributed by atoms with van der Waals surface area (Å²) in [7, 11) is 1.59. The van der Waals surface area contributed by atoms with E-state index in [1.807, 2.05) is 49.4 Å². The number of carbonyl (C=O) groups is 1. The molecule has 9 heteroatoms. The molecule has 0 aliphatic rings. The standard InChI is InChI=1S/C24H18ClN5O3/c1-14-21(22(31)24-28-23(29-33-24)19-12-26-9-10-27-19)18-11-17(32-2)7-8-20(18)30(14)13-15-3-5-16(25)6-4-15/h3-12H,13H2,1-2H3. The van der Waals surface area contributed by atoms with Crippen LogP contribution in [0.2, 0.25) is 5.02 Å². The van der Waals surface area contributed by atoms with E-state index in [1.165, 1.54) is 12.4 Å².